The number of benzene rings is 2. The van der Waals surface area contributed by atoms with Gasteiger partial charge in [-0.05, 0) is 24.6 Å². The van der Waals surface area contributed by atoms with Crippen LogP contribution in [-0.4, -0.2) is 57.5 Å². The number of nitrogens with zero attached hydrogens (tertiary/aromatic N) is 4. The van der Waals surface area contributed by atoms with Crippen LogP contribution in [0.4, 0.5) is 0 Å². The Morgan fingerprint density at radius 1 is 0.968 bits per heavy atom. The van der Waals surface area contributed by atoms with Gasteiger partial charge in [-0.3, -0.25) is 14.1 Å². The number of ketones is 1. The summed E-state index contributed by atoms with van der Waals surface area (Å²) in [5, 5.41) is 0. The molecule has 0 aliphatic carbocycles. The highest BCUT2D eigenvalue weighted by molar-refractivity contribution is 6.00. The van der Waals surface area contributed by atoms with Gasteiger partial charge < -0.3 is 9.30 Å². The first-order chi connectivity index (χ1) is 14.2. The van der Waals surface area contributed by atoms with Crippen LogP contribution < -0.4 is 0 Å². The quantitative estimate of drug-likeness (QED) is 0.422. The van der Waals surface area contributed by atoms with Crippen molar-refractivity contribution in [3.05, 3.63) is 71.5 Å². The van der Waals surface area contributed by atoms with E-state index < -0.39 is 0 Å². The molecule has 5 rings (SSSR count). The van der Waals surface area contributed by atoms with Crippen LogP contribution in [0, 0.1) is 6.92 Å². The Morgan fingerprint density at radius 2 is 1.61 bits per heavy atom. The lowest BCUT2D eigenvalue weighted by molar-refractivity contribution is 0.0370. The summed E-state index contributed by atoms with van der Waals surface area (Å²) in [6.45, 7) is 6.00. The van der Waals surface area contributed by atoms with Gasteiger partial charge in [0.2, 0.25) is 5.78 Å². The van der Waals surface area contributed by atoms with E-state index in [1.807, 2.05) is 41.7 Å². The predicted octanol–water partition coefficient (Wildman–Crippen LogP) is 4.00. The molecule has 1 saturated heterocycles. The molecule has 2 aromatic heterocycles. The lowest BCUT2D eigenvalue weighted by Crippen LogP contribution is -2.39. The van der Waals surface area contributed by atoms with Gasteiger partial charge in [-0.1, -0.05) is 42.5 Å². The number of hydrogen-bond donors (Lipinski definition) is 0. The molecule has 0 saturated carbocycles. The third kappa shape index (κ3) is 4.34. The number of hydrogen-bond acceptors (Lipinski definition) is 4. The van der Waals surface area contributed by atoms with Gasteiger partial charge in [0.25, 0.3) is 0 Å². The van der Waals surface area contributed by atoms with E-state index in [2.05, 4.69) is 33.7 Å². The molecule has 6 nitrogen and oxygen atoms in total. The van der Waals surface area contributed by atoms with Gasteiger partial charge in [0.1, 0.15) is 5.69 Å². The van der Waals surface area contributed by atoms with E-state index in [-0.39, 0.29) is 30.6 Å². The lowest BCUT2D eigenvalue weighted by Gasteiger charge is -2.25. The second-order valence-electron chi connectivity index (χ2n) is 7.55. The van der Waals surface area contributed by atoms with Crippen molar-refractivity contribution in [3.63, 3.8) is 0 Å². The molecule has 0 N–H and O–H groups in total. The fraction of sp³-hybridized carbons (Fsp3) is 0.304. The average Bonchev–Trinajstić information content (AvgIpc) is 3.23. The Labute approximate surface area is 193 Å². The van der Waals surface area contributed by atoms with Crippen LogP contribution in [0.15, 0.2) is 54.6 Å². The summed E-state index contributed by atoms with van der Waals surface area (Å²) in [4.78, 5) is 20.3. The van der Waals surface area contributed by atoms with Crippen LogP contribution in [0.2, 0.25) is 0 Å². The number of ether oxygens (including phenoxy) is 1. The molecule has 0 bridgehead atoms. The van der Waals surface area contributed by atoms with E-state index in [9.17, 15) is 4.79 Å². The summed E-state index contributed by atoms with van der Waals surface area (Å²) >= 11 is 0. The first-order valence-electron chi connectivity index (χ1n) is 10.1. The third-order valence-electron chi connectivity index (χ3n) is 5.61. The maximum atomic E-state index is 13.3. The van der Waals surface area contributed by atoms with Crippen molar-refractivity contribution in [1.29, 1.82) is 0 Å². The van der Waals surface area contributed by atoms with Crippen molar-refractivity contribution in [2.24, 2.45) is 0 Å². The maximum Gasteiger partial charge on any atom is 0.216 e. The topological polar surface area (TPSA) is 51.8 Å². The highest BCUT2D eigenvalue weighted by Gasteiger charge is 2.24. The van der Waals surface area contributed by atoms with Gasteiger partial charge >= 0.3 is 0 Å². The maximum absolute atomic E-state index is 13.3. The van der Waals surface area contributed by atoms with Crippen LogP contribution in [-0.2, 0) is 11.3 Å². The number of aromatic nitrogens is 3. The number of halogens is 2. The molecule has 1 aliphatic heterocycles. The first-order valence-corrected chi connectivity index (χ1v) is 10.1. The highest BCUT2D eigenvalue weighted by atomic mass is 35.5. The summed E-state index contributed by atoms with van der Waals surface area (Å²) in [5.74, 6) is 0.928. The summed E-state index contributed by atoms with van der Waals surface area (Å²) in [5.41, 5.74) is 4.78. The molecule has 31 heavy (non-hydrogen) atoms. The van der Waals surface area contributed by atoms with Crippen LogP contribution >= 0.6 is 24.8 Å². The summed E-state index contributed by atoms with van der Waals surface area (Å²) in [7, 11) is 0. The Balaban J connectivity index is 0.00000136. The molecule has 3 heterocycles. The monoisotopic (exact) mass is 460 g/mol. The van der Waals surface area contributed by atoms with Crippen LogP contribution in [0.25, 0.3) is 16.8 Å². The van der Waals surface area contributed by atoms with Gasteiger partial charge in [-0.15, -0.1) is 24.8 Å². The zero-order valence-electron chi connectivity index (χ0n) is 17.4. The minimum Gasteiger partial charge on any atom is -0.379 e. The number of imidazole rings is 2. The highest BCUT2D eigenvalue weighted by Crippen LogP contribution is 2.26. The second-order valence-corrected chi connectivity index (χ2v) is 7.55. The Kier molecular flexibility index (Phi) is 7.38. The summed E-state index contributed by atoms with van der Waals surface area (Å²) < 4.78 is 9.65. The normalized spacial score (nSPS) is 14.4. The van der Waals surface area contributed by atoms with Crippen molar-refractivity contribution in [3.8, 4) is 0 Å². The standard InChI is InChI=1S/C23H24N4O2.2ClH/c1-17-22(21(28)16-25-11-13-29-14-12-25)27-20-10-6-5-9-19(20)26(23(27)24-17)15-18-7-3-2-4-8-18;;/h2-10H,11-16H2,1H3;2*1H. The van der Waals surface area contributed by atoms with E-state index >= 15 is 0 Å². The Bertz CT molecular complexity index is 1180. The van der Waals surface area contributed by atoms with E-state index in [4.69, 9.17) is 9.72 Å². The molecule has 0 amide bonds. The number of carbonyl (C=O) groups is 1. The summed E-state index contributed by atoms with van der Waals surface area (Å²) in [6, 6.07) is 18.6. The number of morpholine rings is 1. The number of aryl methyl sites for hydroxylation is 1. The predicted molar refractivity (Wildman–Crippen MR) is 127 cm³/mol. The van der Waals surface area contributed by atoms with Crippen molar-refractivity contribution in [2.45, 2.75) is 13.5 Å². The van der Waals surface area contributed by atoms with Gasteiger partial charge in [-0.2, -0.15) is 0 Å². The third-order valence-corrected chi connectivity index (χ3v) is 5.61. The molecule has 164 valence electrons. The Hall–Kier alpha value is -2.38. The molecule has 1 aliphatic rings. The van der Waals surface area contributed by atoms with E-state index in [0.717, 1.165) is 35.6 Å². The molecule has 4 aromatic rings. The van der Waals surface area contributed by atoms with Crippen LogP contribution in [0.3, 0.4) is 0 Å². The minimum atomic E-state index is 0. The number of rotatable bonds is 5. The number of Topliss-reactive ketones (excluding diaryl/α,β-unsaturated/α-hetero) is 1. The largest absolute Gasteiger partial charge is 0.379 e. The molecule has 1 fully saturated rings. The molecule has 8 heteroatoms. The van der Waals surface area contributed by atoms with Crippen molar-refractivity contribution < 1.29 is 9.53 Å². The molecule has 2 aromatic carbocycles. The smallest absolute Gasteiger partial charge is 0.216 e. The van der Waals surface area contributed by atoms with Gasteiger partial charge in [0.15, 0.2) is 5.78 Å². The molecular weight excluding hydrogens is 435 g/mol. The first kappa shape index (κ1) is 23.3. The second kappa shape index (κ2) is 9.83. The van der Waals surface area contributed by atoms with Crippen LogP contribution in [0.5, 0.6) is 0 Å². The van der Waals surface area contributed by atoms with Gasteiger partial charge in [0.05, 0.1) is 43.0 Å². The van der Waals surface area contributed by atoms with Gasteiger partial charge in [0, 0.05) is 13.1 Å². The summed E-state index contributed by atoms with van der Waals surface area (Å²) in [6.07, 6.45) is 0. The zero-order valence-corrected chi connectivity index (χ0v) is 19.0. The molecule has 0 atom stereocenters. The Morgan fingerprint density at radius 3 is 2.32 bits per heavy atom. The fourth-order valence-electron chi connectivity index (χ4n) is 4.20. The van der Waals surface area contributed by atoms with E-state index in [0.29, 0.717) is 32.0 Å². The fourth-order valence-corrected chi connectivity index (χ4v) is 4.20. The SMILES string of the molecule is Cc1nc2n(Cc3ccccc3)c3ccccc3n2c1C(=O)CN1CCOCC1.Cl.Cl. The van der Waals surface area contributed by atoms with Crippen molar-refractivity contribution in [1.82, 2.24) is 18.9 Å². The van der Waals surface area contributed by atoms with E-state index in [1.54, 1.807) is 0 Å². The molecule has 0 unspecified atom stereocenters. The molecule has 0 spiro atoms. The molecule has 0 radical (unpaired) electrons. The number of carbonyl (C=O) groups excluding carboxylic acids is 1. The lowest BCUT2D eigenvalue weighted by atomic mass is 10.2. The van der Waals surface area contributed by atoms with Crippen LogP contribution in [0.1, 0.15) is 21.7 Å². The van der Waals surface area contributed by atoms with Crippen molar-refractivity contribution in [2.75, 3.05) is 32.8 Å². The minimum absolute atomic E-state index is 0. The number of fused-ring (bicyclic) bond motifs is 3. The average molecular weight is 461 g/mol. The van der Waals surface area contributed by atoms with Gasteiger partial charge in [-0.25, -0.2) is 4.98 Å². The zero-order chi connectivity index (χ0) is 19.8. The van der Waals surface area contributed by atoms with E-state index in [1.165, 1.54) is 5.56 Å². The molecular formula is C23H26Cl2N4O2. The number of para-hydroxylation sites is 2. The van der Waals surface area contributed by atoms with Crippen molar-refractivity contribution >= 4 is 47.4 Å².